The van der Waals surface area contributed by atoms with Crippen LogP contribution >= 0.6 is 0 Å². The standard InChI is InChI=1S/C5H13N.3C4H10.2B/c1-5(2)6(3)4;3*1-4(2)3;;/h5H,1-4H3;3*4H,1-3H3;;. The van der Waals surface area contributed by atoms with Crippen molar-refractivity contribution in [2.75, 3.05) is 14.1 Å². The van der Waals surface area contributed by atoms with Crippen LogP contribution in [-0.4, -0.2) is 41.9 Å². The van der Waals surface area contributed by atoms with Crippen LogP contribution in [-0.2, 0) is 0 Å². The van der Waals surface area contributed by atoms with E-state index in [2.05, 4.69) is 95.2 Å². The molecule has 0 aliphatic heterocycles. The molecular weight excluding hydrogens is 240 g/mol. The first-order valence-electron chi connectivity index (χ1n) is 7.50. The lowest BCUT2D eigenvalue weighted by atomic mass is 10.3. The van der Waals surface area contributed by atoms with Gasteiger partial charge in [-0.3, -0.25) is 0 Å². The number of hydrogen-bond acceptors (Lipinski definition) is 1. The van der Waals surface area contributed by atoms with Gasteiger partial charge in [0.05, 0.1) is 0 Å². The molecule has 0 fully saturated rings. The summed E-state index contributed by atoms with van der Waals surface area (Å²) in [6, 6.07) is 0.685. The third-order valence-electron chi connectivity index (χ3n) is 1.03. The second-order valence-electron chi connectivity index (χ2n) is 7.25. The van der Waals surface area contributed by atoms with Crippen molar-refractivity contribution in [1.82, 2.24) is 4.90 Å². The van der Waals surface area contributed by atoms with E-state index >= 15 is 0 Å². The molecule has 20 heavy (non-hydrogen) atoms. The molecule has 0 bridgehead atoms. The predicted molar refractivity (Wildman–Crippen MR) is 102 cm³/mol. The maximum atomic E-state index is 2.17. The van der Waals surface area contributed by atoms with Crippen LogP contribution in [0.1, 0.15) is 76.2 Å². The second kappa shape index (κ2) is 27.4. The molecule has 3 heteroatoms. The molecule has 1 nitrogen and oxygen atoms in total. The topological polar surface area (TPSA) is 3.24 Å². The van der Waals surface area contributed by atoms with Crippen molar-refractivity contribution in [3.8, 4) is 0 Å². The minimum Gasteiger partial charge on any atom is -0.307 e. The Kier molecular flexibility index (Phi) is 50.6. The predicted octanol–water partition coefficient (Wildman–Crippen LogP) is 5.18. The zero-order valence-electron chi connectivity index (χ0n) is 16.9. The van der Waals surface area contributed by atoms with Gasteiger partial charge in [0.25, 0.3) is 0 Å². The van der Waals surface area contributed by atoms with Crippen molar-refractivity contribution < 1.29 is 0 Å². The molecule has 0 spiro atoms. The average Bonchev–Trinajstić information content (AvgIpc) is 1.99. The Labute approximate surface area is 136 Å². The molecule has 0 unspecified atom stereocenters. The SMILES string of the molecule is CC(C)C.CC(C)C.CC(C)C.CC(C)N(C)C.[B].[B]. The van der Waals surface area contributed by atoms with Crippen molar-refractivity contribution in [2.45, 2.75) is 82.2 Å². The summed E-state index contributed by atoms with van der Waals surface area (Å²) < 4.78 is 0. The van der Waals surface area contributed by atoms with Gasteiger partial charge in [0.1, 0.15) is 0 Å². The normalized spacial score (nSPS) is 8.70. The number of nitrogens with zero attached hydrogens (tertiary/aromatic N) is 1. The van der Waals surface area contributed by atoms with Gasteiger partial charge in [-0.1, -0.05) is 62.3 Å². The van der Waals surface area contributed by atoms with Gasteiger partial charge in [-0.2, -0.15) is 0 Å². The fourth-order valence-corrected chi connectivity index (χ4v) is 0. The Morgan fingerprint density at radius 2 is 0.500 bits per heavy atom. The second-order valence-corrected chi connectivity index (χ2v) is 7.25. The summed E-state index contributed by atoms with van der Waals surface area (Å²) in [6.07, 6.45) is 0. The summed E-state index contributed by atoms with van der Waals surface area (Å²) in [5.41, 5.74) is 0. The van der Waals surface area contributed by atoms with Crippen LogP contribution < -0.4 is 0 Å². The van der Waals surface area contributed by atoms with Crippen molar-refractivity contribution >= 4 is 16.8 Å². The summed E-state index contributed by atoms with van der Waals surface area (Å²) in [5.74, 6) is 2.50. The highest BCUT2D eigenvalue weighted by molar-refractivity contribution is 5.76. The Morgan fingerprint density at radius 1 is 0.450 bits per heavy atom. The molecule has 0 N–H and O–H groups in total. The minimum atomic E-state index is 0. The highest BCUT2D eigenvalue weighted by Crippen LogP contribution is 1.84. The molecule has 0 aliphatic carbocycles. The summed E-state index contributed by atoms with van der Waals surface area (Å²) in [6.45, 7) is 23.8. The van der Waals surface area contributed by atoms with Crippen molar-refractivity contribution in [2.24, 2.45) is 17.8 Å². The van der Waals surface area contributed by atoms with Crippen LogP contribution in [0.15, 0.2) is 0 Å². The first-order chi connectivity index (χ1) is 7.84. The quantitative estimate of drug-likeness (QED) is 0.599. The Balaban J connectivity index is -0.0000000322. The summed E-state index contributed by atoms with van der Waals surface area (Å²) in [7, 11) is 4.15. The van der Waals surface area contributed by atoms with E-state index in [4.69, 9.17) is 0 Å². The molecule has 0 atom stereocenters. The fourth-order valence-electron chi connectivity index (χ4n) is 0. The Hall–Kier alpha value is 0.0899. The number of rotatable bonds is 1. The van der Waals surface area contributed by atoms with E-state index in [1.807, 2.05) is 0 Å². The maximum Gasteiger partial charge on any atom is 0.00324 e. The van der Waals surface area contributed by atoms with E-state index in [1.165, 1.54) is 0 Å². The van der Waals surface area contributed by atoms with E-state index < -0.39 is 0 Å². The summed E-state index contributed by atoms with van der Waals surface area (Å²) in [4.78, 5) is 2.17. The maximum absolute atomic E-state index is 2.17. The van der Waals surface area contributed by atoms with Gasteiger partial charge in [-0.25, -0.2) is 0 Å². The van der Waals surface area contributed by atoms with E-state index in [1.54, 1.807) is 0 Å². The molecule has 0 saturated carbocycles. The summed E-state index contributed by atoms with van der Waals surface area (Å²) in [5, 5.41) is 0. The molecule has 0 aromatic heterocycles. The lowest BCUT2D eigenvalue weighted by molar-refractivity contribution is 0.335. The smallest absolute Gasteiger partial charge is 0.00324 e. The molecule has 0 amide bonds. The van der Waals surface area contributed by atoms with Crippen molar-refractivity contribution in [1.29, 1.82) is 0 Å². The highest BCUT2D eigenvalue weighted by Gasteiger charge is 1.90. The first kappa shape index (κ1) is 36.9. The zero-order valence-corrected chi connectivity index (χ0v) is 16.9. The van der Waals surface area contributed by atoms with Gasteiger partial charge >= 0.3 is 0 Å². The number of hydrogen-bond donors (Lipinski definition) is 0. The Morgan fingerprint density at radius 3 is 0.500 bits per heavy atom. The van der Waals surface area contributed by atoms with Crippen molar-refractivity contribution in [3.63, 3.8) is 0 Å². The van der Waals surface area contributed by atoms with E-state index in [0.717, 1.165) is 17.8 Å². The van der Waals surface area contributed by atoms with Crippen LogP contribution in [0.4, 0.5) is 0 Å². The van der Waals surface area contributed by atoms with Gasteiger partial charge in [-0.15, -0.1) is 0 Å². The molecule has 0 heterocycles. The third-order valence-corrected chi connectivity index (χ3v) is 1.03. The molecule has 0 aromatic carbocycles. The van der Waals surface area contributed by atoms with E-state index in [9.17, 15) is 0 Å². The van der Waals surface area contributed by atoms with Crippen LogP contribution in [0.3, 0.4) is 0 Å². The molecule has 0 rings (SSSR count). The Bertz CT molecular complexity index is 93.6. The summed E-state index contributed by atoms with van der Waals surface area (Å²) >= 11 is 0. The van der Waals surface area contributed by atoms with Gasteiger partial charge in [-0.05, 0) is 45.7 Å². The van der Waals surface area contributed by atoms with Gasteiger partial charge in [0, 0.05) is 22.9 Å². The molecule has 0 aliphatic rings. The van der Waals surface area contributed by atoms with Crippen LogP contribution in [0.5, 0.6) is 0 Å². The third kappa shape index (κ3) is 316. The van der Waals surface area contributed by atoms with Crippen LogP contribution in [0.2, 0.25) is 0 Å². The molecule has 0 aromatic rings. The molecule has 122 valence electrons. The highest BCUT2D eigenvalue weighted by atomic mass is 15.1. The monoisotopic (exact) mass is 283 g/mol. The first-order valence-corrected chi connectivity index (χ1v) is 7.50. The van der Waals surface area contributed by atoms with Gasteiger partial charge in [0.2, 0.25) is 0 Å². The molecule has 0 saturated heterocycles. The van der Waals surface area contributed by atoms with Gasteiger partial charge in [0.15, 0.2) is 0 Å². The minimum absolute atomic E-state index is 0. The van der Waals surface area contributed by atoms with Crippen LogP contribution in [0.25, 0.3) is 0 Å². The molecule has 6 radical (unpaired) electrons. The lowest BCUT2D eigenvalue weighted by Crippen LogP contribution is -2.20. The van der Waals surface area contributed by atoms with Crippen LogP contribution in [0, 0.1) is 17.8 Å². The molecular formula is C17H43B2N. The largest absolute Gasteiger partial charge is 0.307 e. The van der Waals surface area contributed by atoms with Gasteiger partial charge < -0.3 is 4.90 Å². The fraction of sp³-hybridized carbons (Fsp3) is 1.00. The van der Waals surface area contributed by atoms with E-state index in [0.29, 0.717) is 6.04 Å². The van der Waals surface area contributed by atoms with Crippen molar-refractivity contribution in [3.05, 3.63) is 0 Å². The van der Waals surface area contributed by atoms with E-state index in [-0.39, 0.29) is 16.8 Å². The average molecular weight is 283 g/mol. The lowest BCUT2D eigenvalue weighted by Gasteiger charge is -2.12. The zero-order chi connectivity index (χ0) is 15.9.